The van der Waals surface area contributed by atoms with Gasteiger partial charge in [-0.1, -0.05) is 29.8 Å². The van der Waals surface area contributed by atoms with Crippen molar-refractivity contribution in [3.63, 3.8) is 0 Å². The average Bonchev–Trinajstić information content (AvgIpc) is 2.49. The van der Waals surface area contributed by atoms with E-state index in [1.807, 2.05) is 30.3 Å². The van der Waals surface area contributed by atoms with Gasteiger partial charge in [0.2, 0.25) is 0 Å². The van der Waals surface area contributed by atoms with Crippen molar-refractivity contribution in [3.05, 3.63) is 62.6 Å². The second-order valence-electron chi connectivity index (χ2n) is 4.86. The Balaban J connectivity index is 1.93. The number of rotatable bonds is 2. The highest BCUT2D eigenvalue weighted by Crippen LogP contribution is 2.35. The van der Waals surface area contributed by atoms with Crippen molar-refractivity contribution in [3.8, 4) is 5.75 Å². The summed E-state index contributed by atoms with van der Waals surface area (Å²) in [6.45, 7) is 0.806. The molecule has 1 nitrogen and oxygen atoms in total. The average molecular weight is 372 g/mol. The molecule has 3 rings (SSSR count). The number of fused-ring (bicyclic) bond motifs is 1. The second-order valence-corrected chi connectivity index (χ2v) is 6.55. The minimum Gasteiger partial charge on any atom is -0.493 e. The molecule has 0 aromatic heterocycles. The van der Waals surface area contributed by atoms with Gasteiger partial charge in [0.25, 0.3) is 0 Å². The van der Waals surface area contributed by atoms with Crippen molar-refractivity contribution in [1.29, 1.82) is 0 Å². The van der Waals surface area contributed by atoms with E-state index < -0.39 is 0 Å². The highest BCUT2D eigenvalue weighted by Gasteiger charge is 2.16. The Kier molecular flexibility index (Phi) is 4.25. The van der Waals surface area contributed by atoms with Gasteiger partial charge in [0.05, 0.1) is 17.0 Å². The Bertz CT molecular complexity index is 642. The molecule has 2 aromatic carbocycles. The van der Waals surface area contributed by atoms with E-state index in [0.717, 1.165) is 40.8 Å². The van der Waals surface area contributed by atoms with Crippen LogP contribution in [-0.2, 0) is 6.42 Å². The van der Waals surface area contributed by atoms with E-state index in [0.29, 0.717) is 5.02 Å². The summed E-state index contributed by atoms with van der Waals surface area (Å²) < 4.78 is 6.50. The predicted octanol–water partition coefficient (Wildman–Crippen LogP) is 5.76. The third kappa shape index (κ3) is 2.83. The lowest BCUT2D eigenvalue weighted by molar-refractivity contribution is 0.288. The number of aryl methyl sites for hydroxylation is 1. The summed E-state index contributed by atoms with van der Waals surface area (Å²) in [6.07, 6.45) is 2.12. The van der Waals surface area contributed by atoms with Crippen LogP contribution in [0, 0.1) is 0 Å². The van der Waals surface area contributed by atoms with Gasteiger partial charge in [0.1, 0.15) is 5.75 Å². The van der Waals surface area contributed by atoms with E-state index in [4.69, 9.17) is 27.9 Å². The normalized spacial score (nSPS) is 15.3. The summed E-state index contributed by atoms with van der Waals surface area (Å²) in [5, 5.41) is 0.507. The highest BCUT2D eigenvalue weighted by atomic mass is 79.9. The van der Waals surface area contributed by atoms with E-state index in [2.05, 4.69) is 22.0 Å². The monoisotopic (exact) mass is 370 g/mol. The summed E-state index contributed by atoms with van der Waals surface area (Å²) in [5.74, 6) is 0.987. The first-order valence-corrected chi connectivity index (χ1v) is 8.10. The fourth-order valence-electron chi connectivity index (χ4n) is 2.40. The molecule has 1 heterocycles. The topological polar surface area (TPSA) is 9.23 Å². The number of benzene rings is 2. The van der Waals surface area contributed by atoms with Crippen LogP contribution in [0.15, 0.2) is 40.9 Å². The lowest BCUT2D eigenvalue weighted by Gasteiger charge is -2.19. The minimum atomic E-state index is -0.184. The lowest BCUT2D eigenvalue weighted by Crippen LogP contribution is -2.08. The molecule has 0 amide bonds. The van der Waals surface area contributed by atoms with Crippen LogP contribution in [0.4, 0.5) is 0 Å². The molecular formula is C16H13BrCl2O. The van der Waals surface area contributed by atoms with Crippen molar-refractivity contribution >= 4 is 39.1 Å². The molecule has 0 radical (unpaired) electrons. The van der Waals surface area contributed by atoms with Crippen LogP contribution in [-0.4, -0.2) is 6.61 Å². The first kappa shape index (κ1) is 14.2. The van der Waals surface area contributed by atoms with Crippen LogP contribution >= 0.6 is 39.1 Å². The predicted molar refractivity (Wildman–Crippen MR) is 87.1 cm³/mol. The molecule has 0 fully saturated rings. The van der Waals surface area contributed by atoms with Crippen LogP contribution in [0.5, 0.6) is 5.75 Å². The number of alkyl halides is 1. The molecule has 1 aliphatic rings. The molecule has 1 atom stereocenters. The highest BCUT2D eigenvalue weighted by molar-refractivity contribution is 9.10. The summed E-state index contributed by atoms with van der Waals surface area (Å²) >= 11 is 16.0. The van der Waals surface area contributed by atoms with E-state index in [1.165, 1.54) is 5.56 Å². The third-order valence-corrected chi connectivity index (χ3v) is 5.18. The standard InChI is InChI=1S/C16H13BrCl2O/c17-13-9-12(3-5-14(13)18)16(19)11-4-6-15-10(8-11)2-1-7-20-15/h3-6,8-9,16H,1-2,7H2. The van der Waals surface area contributed by atoms with Crippen molar-refractivity contribution in [2.75, 3.05) is 6.61 Å². The molecule has 2 aromatic rings. The van der Waals surface area contributed by atoms with Crippen molar-refractivity contribution < 1.29 is 4.74 Å². The number of halogens is 3. The smallest absolute Gasteiger partial charge is 0.122 e. The molecule has 0 aliphatic carbocycles. The van der Waals surface area contributed by atoms with Gasteiger partial charge < -0.3 is 4.74 Å². The molecule has 0 bridgehead atoms. The molecule has 0 saturated heterocycles. The summed E-state index contributed by atoms with van der Waals surface area (Å²) in [6, 6.07) is 12.0. The first-order valence-electron chi connectivity index (χ1n) is 6.50. The van der Waals surface area contributed by atoms with Crippen molar-refractivity contribution in [2.45, 2.75) is 18.2 Å². The molecule has 0 saturated carbocycles. The minimum absolute atomic E-state index is 0.184. The van der Waals surface area contributed by atoms with Gasteiger partial charge in [-0.3, -0.25) is 0 Å². The quantitative estimate of drug-likeness (QED) is 0.610. The van der Waals surface area contributed by atoms with Gasteiger partial charge in [-0.25, -0.2) is 0 Å². The maximum absolute atomic E-state index is 6.59. The summed E-state index contributed by atoms with van der Waals surface area (Å²) in [4.78, 5) is 0. The SMILES string of the molecule is Clc1ccc(C(Cl)c2ccc3c(c2)CCCO3)cc1Br. The van der Waals surface area contributed by atoms with Crippen LogP contribution in [0.2, 0.25) is 5.02 Å². The molecular weight excluding hydrogens is 359 g/mol. The zero-order valence-corrected chi connectivity index (χ0v) is 13.8. The fourth-order valence-corrected chi connectivity index (χ4v) is 3.19. The zero-order chi connectivity index (χ0) is 14.1. The molecule has 0 spiro atoms. The third-order valence-electron chi connectivity index (χ3n) is 3.46. The Morgan fingerprint density at radius 3 is 2.65 bits per heavy atom. The van der Waals surface area contributed by atoms with E-state index in [9.17, 15) is 0 Å². The molecule has 4 heteroatoms. The maximum Gasteiger partial charge on any atom is 0.122 e. The second kappa shape index (κ2) is 5.97. The summed E-state index contributed by atoms with van der Waals surface area (Å²) in [5.41, 5.74) is 3.36. The van der Waals surface area contributed by atoms with Gasteiger partial charge >= 0.3 is 0 Å². The Labute approximate surface area is 137 Å². The molecule has 1 unspecified atom stereocenters. The Hall–Kier alpha value is -0.700. The zero-order valence-electron chi connectivity index (χ0n) is 10.7. The van der Waals surface area contributed by atoms with E-state index in [1.54, 1.807) is 0 Å². The van der Waals surface area contributed by atoms with Crippen LogP contribution in [0.3, 0.4) is 0 Å². The lowest BCUT2D eigenvalue weighted by atomic mass is 9.99. The van der Waals surface area contributed by atoms with Gasteiger partial charge in [0.15, 0.2) is 0 Å². The number of hydrogen-bond donors (Lipinski definition) is 0. The number of hydrogen-bond acceptors (Lipinski definition) is 1. The molecule has 0 N–H and O–H groups in total. The van der Waals surface area contributed by atoms with Gasteiger partial charge in [0, 0.05) is 4.47 Å². The van der Waals surface area contributed by atoms with Crippen LogP contribution in [0.1, 0.15) is 28.5 Å². The van der Waals surface area contributed by atoms with Gasteiger partial charge in [-0.05, 0) is 63.7 Å². The Morgan fingerprint density at radius 2 is 1.85 bits per heavy atom. The van der Waals surface area contributed by atoms with E-state index in [-0.39, 0.29) is 5.38 Å². The first-order chi connectivity index (χ1) is 9.65. The molecule has 104 valence electrons. The largest absolute Gasteiger partial charge is 0.493 e. The summed E-state index contributed by atoms with van der Waals surface area (Å²) in [7, 11) is 0. The molecule has 1 aliphatic heterocycles. The van der Waals surface area contributed by atoms with Crippen LogP contribution < -0.4 is 4.74 Å². The number of ether oxygens (including phenoxy) is 1. The van der Waals surface area contributed by atoms with E-state index >= 15 is 0 Å². The Morgan fingerprint density at radius 1 is 1.10 bits per heavy atom. The van der Waals surface area contributed by atoms with Crippen molar-refractivity contribution in [2.24, 2.45) is 0 Å². The van der Waals surface area contributed by atoms with Gasteiger partial charge in [-0.2, -0.15) is 0 Å². The van der Waals surface area contributed by atoms with Gasteiger partial charge in [-0.15, -0.1) is 11.6 Å². The maximum atomic E-state index is 6.59. The fraction of sp³-hybridized carbons (Fsp3) is 0.250. The van der Waals surface area contributed by atoms with Crippen LogP contribution in [0.25, 0.3) is 0 Å². The van der Waals surface area contributed by atoms with Crippen molar-refractivity contribution in [1.82, 2.24) is 0 Å². The molecule has 20 heavy (non-hydrogen) atoms.